The number of aliphatic hydroxyl groups is 1. The molecule has 7 aromatic rings. The average Bonchev–Trinajstić information content (AvgIpc) is 3.67. The minimum atomic E-state index is -4.59. The van der Waals surface area contributed by atoms with Crippen LogP contribution in [0.4, 0.5) is 0 Å². The number of aliphatic hydroxyl groups excluding tert-OH is 1. The molecule has 0 unspecified atom stereocenters. The molecule has 7 aromatic carbocycles. The number of hydrogen-bond donors (Lipinski definition) is 1. The molecule has 0 radical (unpaired) electrons. The fourth-order valence-corrected chi connectivity index (χ4v) is 11.0. The lowest BCUT2D eigenvalue weighted by atomic mass is 9.90. The van der Waals surface area contributed by atoms with E-state index in [1.54, 1.807) is 6.92 Å². The van der Waals surface area contributed by atoms with Crippen molar-refractivity contribution in [3.63, 3.8) is 0 Å². The van der Waals surface area contributed by atoms with E-state index in [-0.39, 0.29) is 66.1 Å². The normalized spacial score (nSPS) is 24.3. The van der Waals surface area contributed by atoms with E-state index in [0.717, 1.165) is 38.9 Å². The van der Waals surface area contributed by atoms with Crippen LogP contribution in [0.25, 0.3) is 0 Å². The lowest BCUT2D eigenvalue weighted by Gasteiger charge is -2.54. The fourth-order valence-electron chi connectivity index (χ4n) is 9.72. The summed E-state index contributed by atoms with van der Waals surface area (Å²) in [7, 11) is -4.59. The van der Waals surface area contributed by atoms with E-state index in [4.69, 9.17) is 51.6 Å². The standard InChI is InChI=1S/C64H70O14S/c1-2-75-79(66,67)47-64(78-59-57(65)55(45-68-38-48-24-10-3-11-25-48)76-63(74-44-54-36-22-9-23-37-54)61(59)72-42-52-32-18-7-19-33-52)62(73-43-53-34-20-8-21-35-53)60(71-41-51-30-16-6-17-31-51)58(70-40-50-28-14-5-15-29-50)56(77-64)46-69-39-49-26-12-4-13-27-49/h3-37,55-63,65H,2,38-47H2,1H3/t55-,56-,57+,58-,59+,60+,61-,62-,63-,64-/m1/s1. The van der Waals surface area contributed by atoms with Crippen LogP contribution in [-0.2, 0) is 108 Å². The van der Waals surface area contributed by atoms with Crippen molar-refractivity contribution in [2.24, 2.45) is 0 Å². The molecule has 2 heterocycles. The molecule has 0 aliphatic carbocycles. The highest BCUT2D eigenvalue weighted by Gasteiger charge is 2.63. The van der Waals surface area contributed by atoms with Gasteiger partial charge in [0.1, 0.15) is 54.6 Å². The number of rotatable bonds is 29. The molecule has 2 aliphatic heterocycles. The van der Waals surface area contributed by atoms with Gasteiger partial charge in [-0.1, -0.05) is 212 Å². The van der Waals surface area contributed by atoms with Crippen molar-refractivity contribution in [3.8, 4) is 0 Å². The second-order valence-corrected chi connectivity index (χ2v) is 21.1. The Labute approximate surface area is 464 Å². The molecule has 0 saturated carbocycles. The zero-order valence-electron chi connectivity index (χ0n) is 44.3. The highest BCUT2D eigenvalue weighted by molar-refractivity contribution is 7.86. The molecule has 0 spiro atoms. The highest BCUT2D eigenvalue weighted by atomic mass is 32.2. The smallest absolute Gasteiger partial charge is 0.272 e. The molecule has 2 aliphatic rings. The first-order valence-corrected chi connectivity index (χ1v) is 28.4. The summed E-state index contributed by atoms with van der Waals surface area (Å²) in [5.41, 5.74) is 5.91. The Bertz CT molecular complexity index is 2910. The fraction of sp³-hybridized carbons (Fsp3) is 0.344. The number of ether oxygens (including phenoxy) is 10. The molecule has 2 saturated heterocycles. The maximum atomic E-state index is 14.8. The van der Waals surface area contributed by atoms with Crippen molar-refractivity contribution in [3.05, 3.63) is 251 Å². The quantitative estimate of drug-likeness (QED) is 0.0442. The predicted octanol–water partition coefficient (Wildman–Crippen LogP) is 9.91. The Morgan fingerprint density at radius 2 is 0.785 bits per heavy atom. The van der Waals surface area contributed by atoms with Crippen LogP contribution in [0.5, 0.6) is 0 Å². The molecule has 416 valence electrons. The van der Waals surface area contributed by atoms with E-state index in [1.807, 2.05) is 212 Å². The first-order valence-electron chi connectivity index (χ1n) is 26.8. The molecular formula is C64H70O14S. The third-order valence-corrected chi connectivity index (χ3v) is 14.9. The van der Waals surface area contributed by atoms with Crippen LogP contribution in [0, 0.1) is 0 Å². The topological polar surface area (TPSA) is 156 Å². The zero-order chi connectivity index (χ0) is 54.5. The van der Waals surface area contributed by atoms with Gasteiger partial charge in [0.05, 0.1) is 66.1 Å². The van der Waals surface area contributed by atoms with Gasteiger partial charge < -0.3 is 52.5 Å². The van der Waals surface area contributed by atoms with Gasteiger partial charge in [0.2, 0.25) is 5.79 Å². The Hall–Kier alpha value is -5.99. The predicted molar refractivity (Wildman–Crippen MR) is 296 cm³/mol. The number of benzene rings is 7. The van der Waals surface area contributed by atoms with E-state index >= 15 is 0 Å². The molecular weight excluding hydrogens is 1020 g/mol. The van der Waals surface area contributed by atoms with E-state index in [0.29, 0.717) is 0 Å². The average molecular weight is 1100 g/mol. The molecule has 1 N–H and O–H groups in total. The molecule has 2 fully saturated rings. The van der Waals surface area contributed by atoms with E-state index in [1.165, 1.54) is 0 Å². The van der Waals surface area contributed by atoms with Crippen LogP contribution in [0.2, 0.25) is 0 Å². The van der Waals surface area contributed by atoms with E-state index in [2.05, 4.69) is 0 Å². The van der Waals surface area contributed by atoms with Crippen LogP contribution >= 0.6 is 0 Å². The largest absolute Gasteiger partial charge is 0.387 e. The summed E-state index contributed by atoms with van der Waals surface area (Å²) in [4.78, 5) is 0. The number of hydrogen-bond acceptors (Lipinski definition) is 14. The molecule has 0 amide bonds. The lowest BCUT2D eigenvalue weighted by molar-refractivity contribution is -0.412. The van der Waals surface area contributed by atoms with Crippen molar-refractivity contribution >= 4 is 10.1 Å². The van der Waals surface area contributed by atoms with Crippen LogP contribution < -0.4 is 0 Å². The van der Waals surface area contributed by atoms with Crippen LogP contribution in [0.3, 0.4) is 0 Å². The SMILES string of the molecule is CCOS(=O)(=O)C[C@]1(O[C@H]2[C@@H](O)[C@@H](COCc3ccccc3)O[C@@H](OCc3ccccc3)[C@@H]2OCc2ccccc2)O[C@H](COCc2ccccc2)[C@@H](OCc2ccccc2)[C@H](OCc2ccccc2)[C@H]1OCc1ccccc1. The summed E-state index contributed by atoms with van der Waals surface area (Å²) in [6, 6.07) is 67.2. The monoisotopic (exact) mass is 1090 g/mol. The summed E-state index contributed by atoms with van der Waals surface area (Å²) in [5.74, 6) is -3.34. The Morgan fingerprint density at radius 3 is 1.20 bits per heavy atom. The third-order valence-electron chi connectivity index (χ3n) is 13.6. The first-order chi connectivity index (χ1) is 38.7. The van der Waals surface area contributed by atoms with Crippen LogP contribution in [0.1, 0.15) is 45.9 Å². The highest BCUT2D eigenvalue weighted by Crippen LogP contribution is 2.43. The third kappa shape index (κ3) is 16.8. The molecule has 10 atom stereocenters. The molecule has 0 aromatic heterocycles. The van der Waals surface area contributed by atoms with Crippen molar-refractivity contribution in [2.75, 3.05) is 25.6 Å². The van der Waals surface area contributed by atoms with E-state index in [9.17, 15) is 13.5 Å². The van der Waals surface area contributed by atoms with Crippen molar-refractivity contribution in [2.45, 2.75) is 114 Å². The Balaban J connectivity index is 1.19. The molecule has 15 heteroatoms. The van der Waals surface area contributed by atoms with Crippen molar-refractivity contribution in [1.82, 2.24) is 0 Å². The van der Waals surface area contributed by atoms with Gasteiger partial charge >= 0.3 is 0 Å². The minimum Gasteiger partial charge on any atom is -0.387 e. The zero-order valence-corrected chi connectivity index (χ0v) is 45.2. The van der Waals surface area contributed by atoms with Crippen LogP contribution in [-0.4, -0.2) is 100 Å². The molecule has 79 heavy (non-hydrogen) atoms. The van der Waals surface area contributed by atoms with Gasteiger partial charge in [-0.2, -0.15) is 8.42 Å². The molecule has 9 rings (SSSR count). The van der Waals surface area contributed by atoms with Gasteiger partial charge in [-0.3, -0.25) is 4.18 Å². The second kappa shape index (κ2) is 29.5. The van der Waals surface area contributed by atoms with Gasteiger partial charge in [-0.05, 0) is 45.9 Å². The van der Waals surface area contributed by atoms with Gasteiger partial charge in [0.25, 0.3) is 10.1 Å². The Morgan fingerprint density at radius 1 is 0.430 bits per heavy atom. The Kier molecular flexibility index (Phi) is 21.5. The first kappa shape index (κ1) is 57.7. The summed E-state index contributed by atoms with van der Waals surface area (Å²) < 4.78 is 104. The maximum absolute atomic E-state index is 14.8. The lowest BCUT2D eigenvalue weighted by Crippen LogP contribution is -2.73. The second-order valence-electron chi connectivity index (χ2n) is 19.5. The van der Waals surface area contributed by atoms with Gasteiger partial charge in [0, 0.05) is 0 Å². The summed E-state index contributed by atoms with van der Waals surface area (Å²) in [6.07, 6.45) is -11.3. The maximum Gasteiger partial charge on any atom is 0.272 e. The van der Waals surface area contributed by atoms with Crippen molar-refractivity contribution < 1.29 is 65.1 Å². The van der Waals surface area contributed by atoms with Gasteiger partial charge in [0.15, 0.2) is 6.29 Å². The minimum absolute atomic E-state index is 0.0228. The van der Waals surface area contributed by atoms with Gasteiger partial charge in [-0.25, -0.2) is 0 Å². The summed E-state index contributed by atoms with van der Waals surface area (Å²) in [6.45, 7) is 1.72. The molecule has 0 bridgehead atoms. The summed E-state index contributed by atoms with van der Waals surface area (Å²) >= 11 is 0. The van der Waals surface area contributed by atoms with Crippen LogP contribution in [0.15, 0.2) is 212 Å². The van der Waals surface area contributed by atoms with Gasteiger partial charge in [-0.15, -0.1) is 0 Å². The van der Waals surface area contributed by atoms with E-state index < -0.39 is 76.8 Å². The summed E-state index contributed by atoms with van der Waals surface area (Å²) in [5, 5.41) is 13.0. The molecule has 14 nitrogen and oxygen atoms in total. The van der Waals surface area contributed by atoms with Crippen molar-refractivity contribution in [1.29, 1.82) is 0 Å².